The van der Waals surface area contributed by atoms with E-state index in [1.54, 1.807) is 0 Å². The van der Waals surface area contributed by atoms with Crippen molar-refractivity contribution in [3.8, 4) is 0 Å². The van der Waals surface area contributed by atoms with Crippen molar-refractivity contribution in [2.24, 2.45) is 0 Å². The van der Waals surface area contributed by atoms with Gasteiger partial charge in [-0.25, -0.2) is 0 Å². The number of hydrogen-bond donors (Lipinski definition) is 1. The number of unbranched alkanes of at least 4 members (excludes halogenated alkanes) is 1. The van der Waals surface area contributed by atoms with E-state index in [1.165, 1.54) is 7.11 Å². The number of methoxy groups -OCH3 is 1. The first-order chi connectivity index (χ1) is 8.91. The van der Waals surface area contributed by atoms with Crippen molar-refractivity contribution in [1.29, 1.82) is 0 Å². The number of amides is 1. The Morgan fingerprint density at radius 2 is 1.95 bits per heavy atom. The van der Waals surface area contributed by atoms with Gasteiger partial charge in [0.25, 0.3) is 0 Å². The minimum atomic E-state index is -0.409. The Kier molecular flexibility index (Phi) is 9.69. The van der Waals surface area contributed by atoms with Gasteiger partial charge in [-0.1, -0.05) is 13.8 Å². The Balaban J connectivity index is 3.51. The van der Waals surface area contributed by atoms with Gasteiger partial charge < -0.3 is 14.8 Å². The van der Waals surface area contributed by atoms with Crippen LogP contribution in [-0.4, -0.2) is 49.7 Å². The molecule has 19 heavy (non-hydrogen) atoms. The molecule has 0 bridgehead atoms. The van der Waals surface area contributed by atoms with Crippen molar-refractivity contribution in [2.45, 2.75) is 37.9 Å². The van der Waals surface area contributed by atoms with Gasteiger partial charge in [-0.2, -0.15) is 11.8 Å². The number of carbonyl (C=O) groups is 2. The average Bonchev–Trinajstić information content (AvgIpc) is 2.36. The Bertz CT molecular complexity index is 282. The van der Waals surface area contributed by atoms with Crippen LogP contribution in [0.15, 0.2) is 0 Å². The zero-order chi connectivity index (χ0) is 14.7. The van der Waals surface area contributed by atoms with Gasteiger partial charge in [0, 0.05) is 11.9 Å². The van der Waals surface area contributed by atoms with Crippen LogP contribution < -0.4 is 5.32 Å². The van der Waals surface area contributed by atoms with Crippen molar-refractivity contribution in [1.82, 2.24) is 5.32 Å². The van der Waals surface area contributed by atoms with Crippen LogP contribution in [0.1, 0.15) is 33.1 Å². The minimum absolute atomic E-state index is 0.0446. The van der Waals surface area contributed by atoms with E-state index in [2.05, 4.69) is 30.2 Å². The molecular formula is C13H25NO4S. The second kappa shape index (κ2) is 10.1. The van der Waals surface area contributed by atoms with Crippen molar-refractivity contribution in [2.75, 3.05) is 33.1 Å². The van der Waals surface area contributed by atoms with Gasteiger partial charge in [-0.15, -0.1) is 0 Å². The average molecular weight is 291 g/mol. The summed E-state index contributed by atoms with van der Waals surface area (Å²) in [5.41, 5.74) is 0. The Hall–Kier alpha value is -0.750. The van der Waals surface area contributed by atoms with Crippen LogP contribution in [0, 0.1) is 0 Å². The molecule has 1 N–H and O–H groups in total. The highest BCUT2D eigenvalue weighted by Crippen LogP contribution is 2.27. The lowest BCUT2D eigenvalue weighted by atomic mass is 10.1. The molecule has 6 heteroatoms. The number of nitrogens with one attached hydrogen (secondary N) is 1. The quantitative estimate of drug-likeness (QED) is 0.489. The third-order valence-electron chi connectivity index (χ3n) is 2.69. The summed E-state index contributed by atoms with van der Waals surface area (Å²) in [5.74, 6) is -0.727. The highest BCUT2D eigenvalue weighted by atomic mass is 32.2. The van der Waals surface area contributed by atoms with Crippen LogP contribution in [0.25, 0.3) is 0 Å². The van der Waals surface area contributed by atoms with E-state index in [1.807, 2.05) is 11.8 Å². The smallest absolute Gasteiger partial charge is 0.325 e. The lowest BCUT2D eigenvalue weighted by Crippen LogP contribution is -2.33. The molecule has 0 unspecified atom stereocenters. The molecule has 0 aromatic heterocycles. The maximum atomic E-state index is 11.3. The Morgan fingerprint density at radius 1 is 1.26 bits per heavy atom. The molecule has 5 nitrogen and oxygen atoms in total. The summed E-state index contributed by atoms with van der Waals surface area (Å²) in [6.45, 7) is 4.67. The zero-order valence-corrected chi connectivity index (χ0v) is 13.1. The SMILES string of the molecule is COCC(=O)NCC(=O)OCCCCC(C)(C)SC. The molecule has 0 aromatic carbocycles. The fourth-order valence-electron chi connectivity index (χ4n) is 1.34. The second-order valence-corrected chi connectivity index (χ2v) is 6.36. The largest absolute Gasteiger partial charge is 0.464 e. The van der Waals surface area contributed by atoms with Gasteiger partial charge in [-0.05, 0) is 25.5 Å². The van der Waals surface area contributed by atoms with E-state index in [0.29, 0.717) is 6.61 Å². The lowest BCUT2D eigenvalue weighted by molar-refractivity contribution is -0.144. The molecule has 0 spiro atoms. The Morgan fingerprint density at radius 3 is 2.53 bits per heavy atom. The van der Waals surface area contributed by atoms with Gasteiger partial charge >= 0.3 is 5.97 Å². The van der Waals surface area contributed by atoms with Crippen molar-refractivity contribution >= 4 is 23.6 Å². The van der Waals surface area contributed by atoms with Crippen molar-refractivity contribution in [3.05, 3.63) is 0 Å². The third-order valence-corrected chi connectivity index (χ3v) is 4.00. The van der Waals surface area contributed by atoms with Crippen LogP contribution in [0.4, 0.5) is 0 Å². The summed E-state index contributed by atoms with van der Waals surface area (Å²) in [5, 5.41) is 2.42. The highest BCUT2D eigenvalue weighted by molar-refractivity contribution is 7.99. The number of rotatable bonds is 10. The summed E-state index contributed by atoms with van der Waals surface area (Å²) in [6, 6.07) is 0. The van der Waals surface area contributed by atoms with Gasteiger partial charge in [0.05, 0.1) is 6.61 Å². The summed E-state index contributed by atoms with van der Waals surface area (Å²) < 4.78 is 9.92. The molecule has 1 amide bonds. The zero-order valence-electron chi connectivity index (χ0n) is 12.3. The molecule has 0 heterocycles. The first kappa shape index (κ1) is 18.2. The number of thioether (sulfide) groups is 1. The molecule has 0 aliphatic carbocycles. The summed E-state index contributed by atoms with van der Waals surface area (Å²) in [4.78, 5) is 22.3. The highest BCUT2D eigenvalue weighted by Gasteiger charge is 2.14. The molecule has 0 aromatic rings. The molecule has 112 valence electrons. The number of carbonyl (C=O) groups excluding carboxylic acids is 2. The van der Waals surface area contributed by atoms with Gasteiger partial charge in [0.15, 0.2) is 0 Å². The van der Waals surface area contributed by atoms with E-state index in [0.717, 1.165) is 19.3 Å². The maximum Gasteiger partial charge on any atom is 0.325 e. The van der Waals surface area contributed by atoms with E-state index >= 15 is 0 Å². The molecule has 0 atom stereocenters. The molecule has 0 saturated carbocycles. The monoisotopic (exact) mass is 291 g/mol. The predicted octanol–water partition coefficient (Wildman–Crippen LogP) is 1.60. The van der Waals surface area contributed by atoms with Crippen LogP contribution in [0.3, 0.4) is 0 Å². The number of ether oxygens (including phenoxy) is 2. The molecule has 0 aliphatic heterocycles. The van der Waals surface area contributed by atoms with Crippen molar-refractivity contribution in [3.63, 3.8) is 0 Å². The summed E-state index contributed by atoms with van der Waals surface area (Å²) >= 11 is 1.84. The maximum absolute atomic E-state index is 11.3. The lowest BCUT2D eigenvalue weighted by Gasteiger charge is -2.21. The summed E-state index contributed by atoms with van der Waals surface area (Å²) in [7, 11) is 1.42. The molecule has 0 fully saturated rings. The van der Waals surface area contributed by atoms with E-state index in [4.69, 9.17) is 4.74 Å². The number of esters is 1. The second-order valence-electron chi connectivity index (χ2n) is 4.85. The normalized spacial score (nSPS) is 11.2. The van der Waals surface area contributed by atoms with Gasteiger partial charge in [0.1, 0.15) is 13.2 Å². The van der Waals surface area contributed by atoms with Crippen LogP contribution in [0.5, 0.6) is 0 Å². The molecule has 0 rings (SSSR count). The van der Waals surface area contributed by atoms with E-state index in [9.17, 15) is 9.59 Å². The Labute approximate surface area is 119 Å². The van der Waals surface area contributed by atoms with Gasteiger partial charge in [-0.3, -0.25) is 9.59 Å². The number of hydrogen-bond acceptors (Lipinski definition) is 5. The molecule has 0 saturated heterocycles. The predicted molar refractivity (Wildman–Crippen MR) is 77.3 cm³/mol. The van der Waals surface area contributed by atoms with Crippen LogP contribution >= 0.6 is 11.8 Å². The summed E-state index contributed by atoms with van der Waals surface area (Å²) in [6.07, 6.45) is 5.07. The fraction of sp³-hybridized carbons (Fsp3) is 0.846. The fourth-order valence-corrected chi connectivity index (χ4v) is 1.69. The first-order valence-electron chi connectivity index (χ1n) is 6.37. The standard InChI is InChI=1S/C13H25NO4S/c1-13(2,19-4)7-5-6-8-18-12(16)9-14-11(15)10-17-3/h5-10H2,1-4H3,(H,14,15). The molecule has 0 aliphatic rings. The molecular weight excluding hydrogens is 266 g/mol. The van der Waals surface area contributed by atoms with E-state index in [-0.39, 0.29) is 23.8 Å². The topological polar surface area (TPSA) is 64.6 Å². The van der Waals surface area contributed by atoms with Crippen LogP contribution in [0.2, 0.25) is 0 Å². The molecule has 0 radical (unpaired) electrons. The van der Waals surface area contributed by atoms with Crippen LogP contribution in [-0.2, 0) is 19.1 Å². The van der Waals surface area contributed by atoms with E-state index < -0.39 is 5.97 Å². The van der Waals surface area contributed by atoms with Gasteiger partial charge in [0.2, 0.25) is 5.91 Å². The third kappa shape index (κ3) is 10.8. The first-order valence-corrected chi connectivity index (χ1v) is 7.60. The van der Waals surface area contributed by atoms with Crippen molar-refractivity contribution < 1.29 is 19.1 Å². The minimum Gasteiger partial charge on any atom is -0.464 e.